The van der Waals surface area contributed by atoms with Gasteiger partial charge >= 0.3 is 0 Å². The molecule has 1 atom stereocenters. The predicted octanol–water partition coefficient (Wildman–Crippen LogP) is 3.22. The van der Waals surface area contributed by atoms with E-state index in [0.717, 1.165) is 30.3 Å². The van der Waals surface area contributed by atoms with Crippen molar-refractivity contribution >= 4 is 27.5 Å². The number of benzene rings is 1. The Bertz CT molecular complexity index is 505. The van der Waals surface area contributed by atoms with Crippen LogP contribution in [0.1, 0.15) is 31.2 Å². The van der Waals surface area contributed by atoms with Crippen LogP contribution in [0.25, 0.3) is 0 Å². The van der Waals surface area contributed by atoms with E-state index >= 15 is 0 Å². The quantitative estimate of drug-likeness (QED) is 0.925. The first kappa shape index (κ1) is 14.0. The number of rotatable bonds is 4. The van der Waals surface area contributed by atoms with Crippen LogP contribution in [0.4, 0.5) is 5.69 Å². The molecule has 4 nitrogen and oxygen atoms in total. The molecule has 1 heterocycles. The van der Waals surface area contributed by atoms with Crippen molar-refractivity contribution in [1.29, 1.82) is 5.26 Å². The van der Waals surface area contributed by atoms with Crippen LogP contribution >= 0.6 is 15.9 Å². The lowest BCUT2D eigenvalue weighted by atomic mass is 10.1. The summed E-state index contributed by atoms with van der Waals surface area (Å²) < 4.78 is 6.31. The Labute approximate surface area is 120 Å². The summed E-state index contributed by atoms with van der Waals surface area (Å²) in [6.45, 7) is 0.802. The van der Waals surface area contributed by atoms with Crippen LogP contribution in [-0.4, -0.2) is 18.6 Å². The molecule has 0 aliphatic carbocycles. The number of hydrogen-bond acceptors (Lipinski definition) is 3. The smallest absolute Gasteiger partial charge is 0.224 e. The monoisotopic (exact) mass is 322 g/mol. The zero-order valence-corrected chi connectivity index (χ0v) is 12.1. The fraction of sp³-hybridized carbons (Fsp3) is 0.429. The normalized spacial score (nSPS) is 18.0. The average Bonchev–Trinajstić information content (AvgIpc) is 2.90. The third-order valence-electron chi connectivity index (χ3n) is 3.09. The molecule has 100 valence electrons. The van der Waals surface area contributed by atoms with Crippen molar-refractivity contribution in [2.24, 2.45) is 0 Å². The number of nitrogens with one attached hydrogen (secondary N) is 1. The summed E-state index contributed by atoms with van der Waals surface area (Å²) in [5.74, 6) is -0.0786. The Kier molecular flexibility index (Phi) is 4.94. The second kappa shape index (κ2) is 6.69. The minimum Gasteiger partial charge on any atom is -0.378 e. The van der Waals surface area contributed by atoms with E-state index in [1.165, 1.54) is 0 Å². The van der Waals surface area contributed by atoms with Gasteiger partial charge in [-0.05, 0) is 37.5 Å². The lowest BCUT2D eigenvalue weighted by Gasteiger charge is -2.10. The molecule has 19 heavy (non-hydrogen) atoms. The fourth-order valence-electron chi connectivity index (χ4n) is 2.09. The van der Waals surface area contributed by atoms with Gasteiger partial charge in [0.25, 0.3) is 0 Å². The van der Waals surface area contributed by atoms with Crippen molar-refractivity contribution in [2.75, 3.05) is 11.9 Å². The number of anilines is 1. The van der Waals surface area contributed by atoms with Crippen LogP contribution in [0, 0.1) is 11.3 Å². The van der Waals surface area contributed by atoms with Gasteiger partial charge in [0.1, 0.15) is 6.07 Å². The summed E-state index contributed by atoms with van der Waals surface area (Å²) in [4.78, 5) is 11.9. The van der Waals surface area contributed by atoms with Gasteiger partial charge in [0.05, 0.1) is 17.4 Å². The molecule has 1 aliphatic heterocycles. The van der Waals surface area contributed by atoms with Crippen molar-refractivity contribution in [1.82, 2.24) is 0 Å². The van der Waals surface area contributed by atoms with E-state index in [9.17, 15) is 4.79 Å². The van der Waals surface area contributed by atoms with Crippen molar-refractivity contribution < 1.29 is 9.53 Å². The number of nitrogens with zero attached hydrogens (tertiary/aromatic N) is 1. The molecule has 2 rings (SSSR count). The first-order valence-electron chi connectivity index (χ1n) is 6.30. The van der Waals surface area contributed by atoms with E-state index in [-0.39, 0.29) is 12.0 Å². The molecule has 1 unspecified atom stereocenters. The topological polar surface area (TPSA) is 62.1 Å². The molecule has 0 radical (unpaired) electrons. The van der Waals surface area contributed by atoms with Gasteiger partial charge in [0.15, 0.2) is 0 Å². The van der Waals surface area contributed by atoms with Gasteiger partial charge in [0, 0.05) is 17.5 Å². The summed E-state index contributed by atoms with van der Waals surface area (Å²) in [6, 6.07) is 7.26. The van der Waals surface area contributed by atoms with Gasteiger partial charge in [-0.1, -0.05) is 15.9 Å². The molecule has 1 fully saturated rings. The van der Waals surface area contributed by atoms with E-state index in [2.05, 4.69) is 27.3 Å². The molecule has 1 aromatic carbocycles. The molecular weight excluding hydrogens is 308 g/mol. The average molecular weight is 323 g/mol. The third kappa shape index (κ3) is 4.05. The van der Waals surface area contributed by atoms with Crippen LogP contribution in [0.5, 0.6) is 0 Å². The van der Waals surface area contributed by atoms with E-state index in [0.29, 0.717) is 17.7 Å². The molecule has 5 heteroatoms. The van der Waals surface area contributed by atoms with Gasteiger partial charge in [-0.15, -0.1) is 0 Å². The summed E-state index contributed by atoms with van der Waals surface area (Å²) in [6.07, 6.45) is 3.48. The molecule has 0 spiro atoms. The Morgan fingerprint density at radius 1 is 1.58 bits per heavy atom. The van der Waals surface area contributed by atoms with Gasteiger partial charge in [-0.25, -0.2) is 0 Å². The zero-order valence-electron chi connectivity index (χ0n) is 10.5. The molecule has 1 amide bonds. The van der Waals surface area contributed by atoms with E-state index < -0.39 is 0 Å². The van der Waals surface area contributed by atoms with Crippen molar-refractivity contribution in [3.05, 3.63) is 28.2 Å². The minimum atomic E-state index is -0.0786. The first-order chi connectivity index (χ1) is 9.19. The summed E-state index contributed by atoms with van der Waals surface area (Å²) in [7, 11) is 0. The van der Waals surface area contributed by atoms with Crippen LogP contribution in [0.2, 0.25) is 0 Å². The molecule has 1 aromatic rings. The second-order valence-corrected chi connectivity index (χ2v) is 5.44. The highest BCUT2D eigenvalue weighted by atomic mass is 79.9. The predicted molar refractivity (Wildman–Crippen MR) is 75.7 cm³/mol. The van der Waals surface area contributed by atoms with Crippen LogP contribution in [-0.2, 0) is 9.53 Å². The molecule has 0 aromatic heterocycles. The summed E-state index contributed by atoms with van der Waals surface area (Å²) >= 11 is 3.33. The highest BCUT2D eigenvalue weighted by Crippen LogP contribution is 2.22. The van der Waals surface area contributed by atoms with E-state index in [1.807, 2.05) is 0 Å². The Balaban J connectivity index is 1.91. The number of halogens is 1. The van der Waals surface area contributed by atoms with Gasteiger partial charge in [-0.3, -0.25) is 4.79 Å². The molecular formula is C14H15BrN2O2. The maximum absolute atomic E-state index is 11.9. The molecule has 1 aliphatic rings. The maximum atomic E-state index is 11.9. The molecule has 0 saturated carbocycles. The molecule has 1 N–H and O–H groups in total. The number of nitriles is 1. The third-order valence-corrected chi connectivity index (χ3v) is 3.59. The fourth-order valence-corrected chi connectivity index (χ4v) is 2.46. The number of carbonyl (C=O) groups excluding carboxylic acids is 1. The van der Waals surface area contributed by atoms with E-state index in [1.54, 1.807) is 18.2 Å². The first-order valence-corrected chi connectivity index (χ1v) is 7.09. The number of ether oxygens (including phenoxy) is 1. The Hall–Kier alpha value is -1.38. The maximum Gasteiger partial charge on any atom is 0.224 e. The van der Waals surface area contributed by atoms with Gasteiger partial charge in [-0.2, -0.15) is 5.26 Å². The highest BCUT2D eigenvalue weighted by Gasteiger charge is 2.17. The molecule has 1 saturated heterocycles. The number of hydrogen-bond donors (Lipinski definition) is 1. The van der Waals surface area contributed by atoms with E-state index in [4.69, 9.17) is 10.00 Å². The Morgan fingerprint density at radius 3 is 3.11 bits per heavy atom. The van der Waals surface area contributed by atoms with Crippen LogP contribution in [0.3, 0.4) is 0 Å². The summed E-state index contributed by atoms with van der Waals surface area (Å²) in [5.41, 5.74) is 1.02. The van der Waals surface area contributed by atoms with Crippen LogP contribution < -0.4 is 5.32 Å². The largest absolute Gasteiger partial charge is 0.378 e. The lowest BCUT2D eigenvalue weighted by Crippen LogP contribution is -2.15. The van der Waals surface area contributed by atoms with Gasteiger partial charge in [0.2, 0.25) is 5.91 Å². The van der Waals surface area contributed by atoms with Crippen LogP contribution in [0.15, 0.2) is 22.7 Å². The molecule has 0 bridgehead atoms. The SMILES string of the molecule is N#Cc1ccc(Br)cc1NC(=O)CCC1CCCO1. The zero-order chi connectivity index (χ0) is 13.7. The standard InChI is InChI=1S/C14H15BrN2O2/c15-11-4-3-10(9-16)13(8-11)17-14(18)6-5-12-2-1-7-19-12/h3-4,8,12H,1-2,5-7H2,(H,17,18). The lowest BCUT2D eigenvalue weighted by molar-refractivity contribution is -0.116. The summed E-state index contributed by atoms with van der Waals surface area (Å²) in [5, 5.41) is 11.8. The Morgan fingerprint density at radius 2 is 2.42 bits per heavy atom. The van der Waals surface area contributed by atoms with Crippen molar-refractivity contribution in [3.8, 4) is 6.07 Å². The van der Waals surface area contributed by atoms with Crippen molar-refractivity contribution in [2.45, 2.75) is 31.8 Å². The minimum absolute atomic E-state index is 0.0786. The van der Waals surface area contributed by atoms with Gasteiger partial charge < -0.3 is 10.1 Å². The number of carbonyl (C=O) groups is 1. The number of amides is 1. The highest BCUT2D eigenvalue weighted by molar-refractivity contribution is 9.10. The van der Waals surface area contributed by atoms with Crippen molar-refractivity contribution in [3.63, 3.8) is 0 Å². The second-order valence-electron chi connectivity index (χ2n) is 4.52.